The summed E-state index contributed by atoms with van der Waals surface area (Å²) >= 11 is 0. The number of fused-ring (bicyclic) bond motifs is 1. The van der Waals surface area contributed by atoms with Gasteiger partial charge in [-0.1, -0.05) is 0 Å². The van der Waals surface area contributed by atoms with Gasteiger partial charge in [-0.2, -0.15) is 9.97 Å². The minimum absolute atomic E-state index is 0.128. The first-order valence-electron chi connectivity index (χ1n) is 4.56. The molecule has 0 aromatic carbocycles. The van der Waals surface area contributed by atoms with Gasteiger partial charge in [-0.05, 0) is 12.1 Å². The average molecular weight is 214 g/mol. The zero-order valence-electron chi connectivity index (χ0n) is 8.07. The van der Waals surface area contributed by atoms with Crippen LogP contribution in [0, 0.1) is 0 Å². The number of aromatic nitrogens is 4. The molecule has 78 valence electrons. The fourth-order valence-electron chi connectivity index (χ4n) is 1.22. The highest BCUT2D eigenvalue weighted by Crippen LogP contribution is 2.22. The fraction of sp³-hybridized carbons (Fsp3) is 0. The van der Waals surface area contributed by atoms with Gasteiger partial charge in [0.25, 0.3) is 5.71 Å². The largest absolute Gasteiger partial charge is 0.409 e. The van der Waals surface area contributed by atoms with Crippen molar-refractivity contribution in [2.75, 3.05) is 0 Å². The molecule has 0 radical (unpaired) electrons. The Kier molecular flexibility index (Phi) is 1.96. The predicted molar refractivity (Wildman–Crippen MR) is 53.9 cm³/mol. The molecule has 0 atom stereocenters. The van der Waals surface area contributed by atoms with Crippen molar-refractivity contribution in [1.82, 2.24) is 19.9 Å². The van der Waals surface area contributed by atoms with Gasteiger partial charge in [-0.15, -0.1) is 0 Å². The molecule has 0 aliphatic heterocycles. The number of hydrogen-bond acceptors (Lipinski definition) is 6. The second-order valence-electron chi connectivity index (χ2n) is 2.98. The summed E-state index contributed by atoms with van der Waals surface area (Å²) in [5.41, 5.74) is 0.954. The van der Waals surface area contributed by atoms with Crippen LogP contribution < -0.4 is 4.74 Å². The molecular formula is C10H6N4O2. The van der Waals surface area contributed by atoms with Gasteiger partial charge >= 0.3 is 6.08 Å². The molecule has 0 bridgehead atoms. The lowest BCUT2D eigenvalue weighted by molar-refractivity contribution is 0.340. The second-order valence-corrected chi connectivity index (χ2v) is 2.98. The van der Waals surface area contributed by atoms with E-state index in [1.807, 2.05) is 0 Å². The Balaban J connectivity index is 1.95. The summed E-state index contributed by atoms with van der Waals surface area (Å²) in [5, 5.41) is 0. The Morgan fingerprint density at radius 2 is 2.19 bits per heavy atom. The highest BCUT2D eigenvalue weighted by Gasteiger charge is 2.08. The monoisotopic (exact) mass is 214 g/mol. The molecule has 3 rings (SSSR count). The molecular weight excluding hydrogens is 208 g/mol. The molecule has 0 N–H and O–H groups in total. The van der Waals surface area contributed by atoms with E-state index in [1.54, 1.807) is 30.7 Å². The molecule has 0 unspecified atom stereocenters. The highest BCUT2D eigenvalue weighted by atomic mass is 16.6. The molecule has 0 aliphatic carbocycles. The van der Waals surface area contributed by atoms with Gasteiger partial charge in [0.05, 0.1) is 12.4 Å². The zero-order valence-corrected chi connectivity index (χ0v) is 8.07. The molecule has 0 fully saturated rings. The summed E-state index contributed by atoms with van der Waals surface area (Å²) in [5.74, 6) is 0.557. The predicted octanol–water partition coefficient (Wildman–Crippen LogP) is 1.81. The van der Waals surface area contributed by atoms with Crippen LogP contribution in [0.15, 0.2) is 41.5 Å². The van der Waals surface area contributed by atoms with Crippen molar-refractivity contribution >= 4 is 11.2 Å². The minimum atomic E-state index is 0.128. The Bertz CT molecular complexity index is 575. The van der Waals surface area contributed by atoms with Crippen molar-refractivity contribution in [3.8, 4) is 11.8 Å². The standard InChI is InChI=1S/C10H6N4O2/c1-2-7(4-11-3-1)15-10-14-8-5-12-6-13-9(8)16-10/h1-6H. The highest BCUT2D eigenvalue weighted by molar-refractivity contribution is 5.66. The van der Waals surface area contributed by atoms with E-state index in [2.05, 4.69) is 19.9 Å². The van der Waals surface area contributed by atoms with Crippen molar-refractivity contribution in [3.63, 3.8) is 0 Å². The van der Waals surface area contributed by atoms with Crippen LogP contribution in [0.5, 0.6) is 11.8 Å². The maximum absolute atomic E-state index is 5.36. The Morgan fingerprint density at radius 3 is 3.00 bits per heavy atom. The maximum atomic E-state index is 5.36. The van der Waals surface area contributed by atoms with Crippen LogP contribution in [0.25, 0.3) is 11.2 Å². The maximum Gasteiger partial charge on any atom is 0.401 e. The van der Waals surface area contributed by atoms with Crippen LogP contribution in [0.2, 0.25) is 0 Å². The lowest BCUT2D eigenvalue weighted by Crippen LogP contribution is -1.83. The summed E-state index contributed by atoms with van der Waals surface area (Å²) in [4.78, 5) is 15.7. The van der Waals surface area contributed by atoms with Crippen LogP contribution in [0.1, 0.15) is 0 Å². The molecule has 0 spiro atoms. The number of hydrogen-bond donors (Lipinski definition) is 0. The normalized spacial score (nSPS) is 10.5. The van der Waals surface area contributed by atoms with Gasteiger partial charge in [-0.3, -0.25) is 4.98 Å². The van der Waals surface area contributed by atoms with Crippen molar-refractivity contribution < 1.29 is 9.15 Å². The summed E-state index contributed by atoms with van der Waals surface area (Å²) in [6, 6.07) is 3.52. The van der Waals surface area contributed by atoms with Gasteiger partial charge in [0.15, 0.2) is 11.3 Å². The van der Waals surface area contributed by atoms with E-state index < -0.39 is 0 Å². The average Bonchev–Trinajstić information content (AvgIpc) is 2.72. The molecule has 3 aromatic rings. The second kappa shape index (κ2) is 3.58. The number of pyridine rings is 1. The van der Waals surface area contributed by atoms with Gasteiger partial charge < -0.3 is 9.15 Å². The Hall–Kier alpha value is -2.50. The van der Waals surface area contributed by atoms with Gasteiger partial charge in [0.1, 0.15) is 6.33 Å². The fourth-order valence-corrected chi connectivity index (χ4v) is 1.22. The van der Waals surface area contributed by atoms with Crippen molar-refractivity contribution in [1.29, 1.82) is 0 Å². The number of ether oxygens (including phenoxy) is 1. The van der Waals surface area contributed by atoms with E-state index >= 15 is 0 Å². The van der Waals surface area contributed by atoms with Crippen LogP contribution in [-0.4, -0.2) is 19.9 Å². The molecule has 6 nitrogen and oxygen atoms in total. The summed E-state index contributed by atoms with van der Waals surface area (Å²) < 4.78 is 10.6. The van der Waals surface area contributed by atoms with Crippen molar-refractivity contribution in [2.24, 2.45) is 0 Å². The number of nitrogens with zero attached hydrogens (tertiary/aromatic N) is 4. The van der Waals surface area contributed by atoms with Crippen LogP contribution in [-0.2, 0) is 0 Å². The third kappa shape index (κ3) is 1.56. The molecule has 6 heteroatoms. The lowest BCUT2D eigenvalue weighted by Gasteiger charge is -1.96. The Morgan fingerprint density at radius 1 is 1.19 bits per heavy atom. The molecule has 0 aliphatic rings. The first-order chi connectivity index (χ1) is 7.92. The third-order valence-electron chi connectivity index (χ3n) is 1.89. The lowest BCUT2D eigenvalue weighted by atomic mass is 10.5. The SMILES string of the molecule is c1cncc(Oc2nc3cncnc3o2)c1. The van der Waals surface area contributed by atoms with Crippen LogP contribution in [0.4, 0.5) is 0 Å². The first kappa shape index (κ1) is 8.78. The van der Waals surface area contributed by atoms with E-state index in [0.717, 1.165) is 0 Å². The first-order valence-corrected chi connectivity index (χ1v) is 4.56. The minimum Gasteiger partial charge on any atom is -0.409 e. The third-order valence-corrected chi connectivity index (χ3v) is 1.89. The quantitative estimate of drug-likeness (QED) is 0.647. The zero-order chi connectivity index (χ0) is 10.8. The smallest absolute Gasteiger partial charge is 0.401 e. The number of rotatable bonds is 2. The van der Waals surface area contributed by atoms with Crippen LogP contribution in [0.3, 0.4) is 0 Å². The number of oxazole rings is 1. The summed E-state index contributed by atoms with van der Waals surface area (Å²) in [6.07, 6.45) is 6.30. The molecule has 3 aromatic heterocycles. The van der Waals surface area contributed by atoms with Crippen molar-refractivity contribution in [2.45, 2.75) is 0 Å². The van der Waals surface area contributed by atoms with Gasteiger partial charge in [0.2, 0.25) is 0 Å². The topological polar surface area (TPSA) is 73.9 Å². The molecule has 0 saturated heterocycles. The molecule has 0 amide bonds. The summed E-state index contributed by atoms with van der Waals surface area (Å²) in [6.45, 7) is 0. The summed E-state index contributed by atoms with van der Waals surface area (Å²) in [7, 11) is 0. The molecule has 16 heavy (non-hydrogen) atoms. The van der Waals surface area contributed by atoms with E-state index in [4.69, 9.17) is 9.15 Å². The van der Waals surface area contributed by atoms with Gasteiger partial charge in [0, 0.05) is 6.20 Å². The van der Waals surface area contributed by atoms with E-state index in [9.17, 15) is 0 Å². The van der Waals surface area contributed by atoms with Gasteiger partial charge in [-0.25, -0.2) is 4.98 Å². The van der Waals surface area contributed by atoms with E-state index in [1.165, 1.54) is 6.33 Å². The van der Waals surface area contributed by atoms with Crippen molar-refractivity contribution in [3.05, 3.63) is 37.1 Å². The van der Waals surface area contributed by atoms with Crippen LogP contribution >= 0.6 is 0 Å². The van der Waals surface area contributed by atoms with E-state index in [0.29, 0.717) is 17.0 Å². The molecule has 0 saturated carbocycles. The van der Waals surface area contributed by atoms with E-state index in [-0.39, 0.29) is 6.08 Å². The Labute approximate surface area is 90.0 Å². The molecule has 3 heterocycles.